The van der Waals surface area contributed by atoms with E-state index < -0.39 is 0 Å². The average molecular weight is 250 g/mol. The molecule has 3 atom stereocenters. The van der Waals surface area contributed by atoms with E-state index in [4.69, 9.17) is 0 Å². The number of aromatic nitrogens is 2. The molecule has 0 aliphatic heterocycles. The van der Waals surface area contributed by atoms with Crippen LogP contribution < -0.4 is 0 Å². The van der Waals surface area contributed by atoms with Crippen LogP contribution in [-0.4, -0.2) is 21.0 Å². The Balaban J connectivity index is 2.27. The van der Waals surface area contributed by atoms with Crippen molar-refractivity contribution >= 4 is 0 Å². The average Bonchev–Trinajstić information content (AvgIpc) is 2.75. The molecule has 1 saturated carbocycles. The van der Waals surface area contributed by atoms with Gasteiger partial charge in [-0.15, -0.1) is 0 Å². The lowest BCUT2D eigenvalue weighted by Crippen LogP contribution is -2.38. The van der Waals surface area contributed by atoms with Gasteiger partial charge < -0.3 is 5.11 Å². The molecule has 1 aromatic rings. The molecule has 1 aromatic heterocycles. The number of aliphatic hydroxyl groups excluding tert-OH is 1. The molecule has 0 spiro atoms. The molecule has 1 aliphatic rings. The van der Waals surface area contributed by atoms with Gasteiger partial charge in [-0.2, -0.15) is 5.10 Å². The Labute approximate surface area is 110 Å². The van der Waals surface area contributed by atoms with Crippen LogP contribution in [0.5, 0.6) is 0 Å². The number of aryl methyl sites for hydroxylation is 1. The van der Waals surface area contributed by atoms with E-state index in [0.29, 0.717) is 17.4 Å². The summed E-state index contributed by atoms with van der Waals surface area (Å²) in [4.78, 5) is 0. The Bertz CT molecular complexity index is 397. The van der Waals surface area contributed by atoms with Crippen molar-refractivity contribution in [3.8, 4) is 0 Å². The van der Waals surface area contributed by atoms with Gasteiger partial charge in [0.2, 0.25) is 0 Å². The van der Waals surface area contributed by atoms with Crippen molar-refractivity contribution in [3.63, 3.8) is 0 Å². The molecule has 1 heterocycles. The highest BCUT2D eigenvalue weighted by Gasteiger charge is 2.39. The van der Waals surface area contributed by atoms with Crippen LogP contribution >= 0.6 is 0 Å². The smallest absolute Gasteiger partial charge is 0.0593 e. The highest BCUT2D eigenvalue weighted by atomic mass is 16.3. The molecular weight excluding hydrogens is 224 g/mol. The van der Waals surface area contributed by atoms with Crippen LogP contribution in [-0.2, 0) is 0 Å². The lowest BCUT2D eigenvalue weighted by atomic mass is 9.66. The molecule has 0 aromatic carbocycles. The summed E-state index contributed by atoms with van der Waals surface area (Å²) in [6.07, 6.45) is 5.95. The normalized spacial score (nSPS) is 29.5. The molecule has 1 N–H and O–H groups in total. The quantitative estimate of drug-likeness (QED) is 0.893. The number of aliphatic hydroxyl groups is 1. The van der Waals surface area contributed by atoms with Gasteiger partial charge in [0.15, 0.2) is 0 Å². The summed E-state index contributed by atoms with van der Waals surface area (Å²) < 4.78 is 2.08. The SMILES string of the molecule is CCC(C)(C)C1CCC(O)CC1n1ccc(C)n1. The van der Waals surface area contributed by atoms with Gasteiger partial charge in [0.25, 0.3) is 0 Å². The molecule has 1 aliphatic carbocycles. The van der Waals surface area contributed by atoms with Crippen LogP contribution in [0.3, 0.4) is 0 Å². The minimum absolute atomic E-state index is 0.164. The van der Waals surface area contributed by atoms with Crippen molar-refractivity contribution in [2.24, 2.45) is 11.3 Å². The summed E-state index contributed by atoms with van der Waals surface area (Å²) in [7, 11) is 0. The van der Waals surface area contributed by atoms with E-state index >= 15 is 0 Å². The lowest BCUT2D eigenvalue weighted by Gasteiger charge is -2.43. The first-order chi connectivity index (χ1) is 8.44. The predicted molar refractivity (Wildman–Crippen MR) is 73.4 cm³/mol. The summed E-state index contributed by atoms with van der Waals surface area (Å²) in [6, 6.07) is 2.40. The summed E-state index contributed by atoms with van der Waals surface area (Å²) in [5.74, 6) is 0.602. The molecule has 0 saturated heterocycles. The molecule has 0 radical (unpaired) electrons. The van der Waals surface area contributed by atoms with Crippen molar-refractivity contribution in [2.45, 2.75) is 65.5 Å². The monoisotopic (exact) mass is 250 g/mol. The Kier molecular flexibility index (Phi) is 3.81. The van der Waals surface area contributed by atoms with E-state index in [1.165, 1.54) is 6.42 Å². The molecule has 3 unspecified atom stereocenters. The van der Waals surface area contributed by atoms with Crippen molar-refractivity contribution in [1.82, 2.24) is 9.78 Å². The van der Waals surface area contributed by atoms with Crippen molar-refractivity contribution in [2.75, 3.05) is 0 Å². The fourth-order valence-electron chi connectivity index (χ4n) is 3.21. The summed E-state index contributed by atoms with van der Waals surface area (Å²) in [6.45, 7) is 8.98. The first-order valence-electron chi connectivity index (χ1n) is 7.14. The lowest BCUT2D eigenvalue weighted by molar-refractivity contribution is 0.0171. The summed E-state index contributed by atoms with van der Waals surface area (Å²) in [5.41, 5.74) is 1.37. The van der Waals surface area contributed by atoms with Crippen molar-refractivity contribution < 1.29 is 5.11 Å². The minimum atomic E-state index is -0.164. The second-order valence-electron chi connectivity index (χ2n) is 6.42. The zero-order valence-electron chi connectivity index (χ0n) is 12.1. The number of hydrogen-bond acceptors (Lipinski definition) is 2. The molecule has 2 rings (SSSR count). The molecule has 0 amide bonds. The predicted octanol–water partition coefficient (Wildman–Crippen LogP) is 3.33. The van der Waals surface area contributed by atoms with Crippen LogP contribution in [0.4, 0.5) is 0 Å². The summed E-state index contributed by atoms with van der Waals surface area (Å²) >= 11 is 0. The maximum absolute atomic E-state index is 9.96. The highest BCUT2D eigenvalue weighted by molar-refractivity contribution is 4.99. The van der Waals surface area contributed by atoms with Gasteiger partial charge in [-0.25, -0.2) is 0 Å². The Morgan fingerprint density at radius 2 is 2.17 bits per heavy atom. The second kappa shape index (κ2) is 5.04. The molecule has 102 valence electrons. The van der Waals surface area contributed by atoms with E-state index in [1.807, 2.05) is 6.92 Å². The maximum atomic E-state index is 9.96. The van der Waals surface area contributed by atoms with E-state index in [2.05, 4.69) is 42.8 Å². The molecule has 18 heavy (non-hydrogen) atoms. The minimum Gasteiger partial charge on any atom is -0.393 e. The fourth-order valence-corrected chi connectivity index (χ4v) is 3.21. The van der Waals surface area contributed by atoms with Gasteiger partial charge in [0, 0.05) is 6.20 Å². The second-order valence-corrected chi connectivity index (χ2v) is 6.42. The molecule has 3 nitrogen and oxygen atoms in total. The van der Waals surface area contributed by atoms with Crippen molar-refractivity contribution in [1.29, 1.82) is 0 Å². The van der Waals surface area contributed by atoms with E-state index in [0.717, 1.165) is 25.0 Å². The van der Waals surface area contributed by atoms with Gasteiger partial charge in [-0.3, -0.25) is 4.68 Å². The van der Waals surface area contributed by atoms with Crippen LogP contribution in [0, 0.1) is 18.3 Å². The molecule has 3 heteroatoms. The van der Waals surface area contributed by atoms with E-state index in [-0.39, 0.29) is 6.10 Å². The van der Waals surface area contributed by atoms with Gasteiger partial charge >= 0.3 is 0 Å². The van der Waals surface area contributed by atoms with E-state index in [9.17, 15) is 5.11 Å². The number of nitrogens with zero attached hydrogens (tertiary/aromatic N) is 2. The first kappa shape index (κ1) is 13.6. The standard InChI is InChI=1S/C15H26N2O/c1-5-15(3,4)13-7-6-12(18)10-14(13)17-9-8-11(2)16-17/h8-9,12-14,18H,5-7,10H2,1-4H3. The van der Waals surface area contributed by atoms with Crippen LogP contribution in [0.25, 0.3) is 0 Å². The Hall–Kier alpha value is -0.830. The fraction of sp³-hybridized carbons (Fsp3) is 0.800. The van der Waals surface area contributed by atoms with Crippen molar-refractivity contribution in [3.05, 3.63) is 18.0 Å². The molecular formula is C15H26N2O. The summed E-state index contributed by atoms with van der Waals surface area (Å²) in [5, 5.41) is 14.5. The Morgan fingerprint density at radius 3 is 2.72 bits per heavy atom. The molecule has 1 fully saturated rings. The highest BCUT2D eigenvalue weighted by Crippen LogP contribution is 2.46. The van der Waals surface area contributed by atoms with Crippen LogP contribution in [0.2, 0.25) is 0 Å². The third-order valence-electron chi connectivity index (χ3n) is 4.79. The number of rotatable bonds is 3. The number of hydrogen-bond donors (Lipinski definition) is 1. The largest absolute Gasteiger partial charge is 0.393 e. The Morgan fingerprint density at radius 1 is 1.44 bits per heavy atom. The zero-order valence-corrected chi connectivity index (χ0v) is 12.1. The topological polar surface area (TPSA) is 38.0 Å². The third kappa shape index (κ3) is 2.61. The third-order valence-corrected chi connectivity index (χ3v) is 4.79. The van der Waals surface area contributed by atoms with Gasteiger partial charge in [-0.1, -0.05) is 27.2 Å². The van der Waals surface area contributed by atoms with Gasteiger partial charge in [0.1, 0.15) is 0 Å². The van der Waals surface area contributed by atoms with Gasteiger partial charge in [0.05, 0.1) is 17.8 Å². The van der Waals surface area contributed by atoms with Crippen LogP contribution in [0.15, 0.2) is 12.3 Å². The van der Waals surface area contributed by atoms with Crippen LogP contribution in [0.1, 0.15) is 58.2 Å². The molecule has 0 bridgehead atoms. The van der Waals surface area contributed by atoms with E-state index in [1.54, 1.807) is 0 Å². The van der Waals surface area contributed by atoms with Gasteiger partial charge in [-0.05, 0) is 43.6 Å². The maximum Gasteiger partial charge on any atom is 0.0593 e. The first-order valence-corrected chi connectivity index (χ1v) is 7.14. The zero-order chi connectivity index (χ0) is 13.3.